The zero-order valence-corrected chi connectivity index (χ0v) is 15.1. The molecule has 0 nitrogen and oxygen atoms in total. The maximum absolute atomic E-state index is 2.47. The van der Waals surface area contributed by atoms with Gasteiger partial charge in [0.05, 0.1) is 0 Å². The molecule has 0 saturated carbocycles. The van der Waals surface area contributed by atoms with E-state index >= 15 is 0 Å². The Balaban J connectivity index is 3.27. The normalized spacial score (nSPS) is 14.4. The van der Waals surface area contributed by atoms with E-state index in [2.05, 4.69) is 27.7 Å². The van der Waals surface area contributed by atoms with Gasteiger partial charge in [0, 0.05) is 0 Å². The molecule has 0 amide bonds. The van der Waals surface area contributed by atoms with Gasteiger partial charge in [-0.15, -0.1) is 0 Å². The van der Waals surface area contributed by atoms with Gasteiger partial charge >= 0.3 is 0 Å². The summed E-state index contributed by atoms with van der Waals surface area (Å²) >= 11 is 0. The van der Waals surface area contributed by atoms with Gasteiger partial charge in [-0.05, 0) is 11.8 Å². The van der Waals surface area contributed by atoms with E-state index in [1.165, 1.54) is 89.9 Å². The van der Waals surface area contributed by atoms with Crippen molar-refractivity contribution in [1.82, 2.24) is 0 Å². The third-order valence-corrected chi connectivity index (χ3v) is 5.00. The van der Waals surface area contributed by atoms with Gasteiger partial charge in [-0.2, -0.15) is 0 Å². The van der Waals surface area contributed by atoms with Crippen molar-refractivity contribution in [3.05, 3.63) is 0 Å². The average Bonchev–Trinajstić information content (AvgIpc) is 2.45. The Bertz CT molecular complexity index is 173. The minimum Gasteiger partial charge on any atom is -0.0654 e. The van der Waals surface area contributed by atoms with Gasteiger partial charge in [0.1, 0.15) is 0 Å². The molecular formula is C20H42. The summed E-state index contributed by atoms with van der Waals surface area (Å²) in [5.41, 5.74) is 0. The molecule has 20 heavy (non-hydrogen) atoms. The van der Waals surface area contributed by atoms with E-state index in [-0.39, 0.29) is 0 Å². The molecule has 0 radical (unpaired) electrons. The Morgan fingerprint density at radius 3 is 1.20 bits per heavy atom. The van der Waals surface area contributed by atoms with Crippen molar-refractivity contribution < 1.29 is 0 Å². The zero-order valence-electron chi connectivity index (χ0n) is 15.1. The average molecular weight is 283 g/mol. The van der Waals surface area contributed by atoms with Crippen molar-refractivity contribution in [1.29, 1.82) is 0 Å². The third-order valence-electron chi connectivity index (χ3n) is 5.00. The number of hydrogen-bond donors (Lipinski definition) is 0. The molecule has 0 heteroatoms. The molecule has 0 rings (SSSR count). The monoisotopic (exact) mass is 282 g/mol. The lowest BCUT2D eigenvalue weighted by molar-refractivity contribution is 0.323. The molecule has 0 aliphatic heterocycles. The fourth-order valence-electron chi connectivity index (χ4n) is 3.06. The summed E-state index contributed by atoms with van der Waals surface area (Å²) in [6.07, 6.45) is 20.2. The van der Waals surface area contributed by atoms with E-state index in [0.29, 0.717) is 0 Å². The van der Waals surface area contributed by atoms with Gasteiger partial charge in [0.2, 0.25) is 0 Å². The molecule has 0 bridgehead atoms. The van der Waals surface area contributed by atoms with Crippen LogP contribution in [0.1, 0.15) is 118 Å². The van der Waals surface area contributed by atoms with Crippen LogP contribution in [0.4, 0.5) is 0 Å². The second-order valence-electron chi connectivity index (χ2n) is 7.07. The van der Waals surface area contributed by atoms with Crippen molar-refractivity contribution in [3.8, 4) is 0 Å². The first kappa shape index (κ1) is 20.0. The molecular weight excluding hydrogens is 240 g/mol. The second kappa shape index (κ2) is 15.4. The third kappa shape index (κ3) is 13.0. The smallest absolute Gasteiger partial charge is 0.0417 e. The summed E-state index contributed by atoms with van der Waals surface area (Å²) in [6.45, 7) is 9.54. The molecule has 0 saturated heterocycles. The minimum atomic E-state index is 0.940. The van der Waals surface area contributed by atoms with Crippen LogP contribution in [0.2, 0.25) is 0 Å². The first-order valence-corrected chi connectivity index (χ1v) is 9.72. The van der Waals surface area contributed by atoms with Gasteiger partial charge in [0.15, 0.2) is 0 Å². The summed E-state index contributed by atoms with van der Waals surface area (Å²) in [5.74, 6) is 1.88. The van der Waals surface area contributed by atoms with E-state index in [9.17, 15) is 0 Å². The van der Waals surface area contributed by atoms with Crippen LogP contribution in [-0.4, -0.2) is 0 Å². The summed E-state index contributed by atoms with van der Waals surface area (Å²) in [6, 6.07) is 0. The Labute approximate surface area is 130 Å². The molecule has 0 aromatic rings. The van der Waals surface area contributed by atoms with Crippen molar-refractivity contribution in [2.24, 2.45) is 11.8 Å². The van der Waals surface area contributed by atoms with E-state index in [0.717, 1.165) is 11.8 Å². The van der Waals surface area contributed by atoms with Crippen LogP contribution in [0.25, 0.3) is 0 Å². The standard InChI is InChI=1S/C20H42/c1-5-7-9-10-11-12-13-14-16-18-20(4)19(3)17-15-8-6-2/h19-20H,5-18H2,1-4H3. The van der Waals surface area contributed by atoms with Crippen LogP contribution in [0.15, 0.2) is 0 Å². The quantitative estimate of drug-likeness (QED) is 0.269. The summed E-state index contributed by atoms with van der Waals surface area (Å²) in [4.78, 5) is 0. The highest BCUT2D eigenvalue weighted by Crippen LogP contribution is 2.23. The SMILES string of the molecule is CCCCCCCCCCCC(C)C(C)CCCCC. The molecule has 0 aromatic heterocycles. The molecule has 0 aliphatic carbocycles. The number of unbranched alkanes of at least 4 members (excludes halogenated alkanes) is 10. The Morgan fingerprint density at radius 1 is 0.450 bits per heavy atom. The van der Waals surface area contributed by atoms with E-state index in [1.54, 1.807) is 0 Å². The van der Waals surface area contributed by atoms with Crippen molar-refractivity contribution in [3.63, 3.8) is 0 Å². The van der Waals surface area contributed by atoms with Gasteiger partial charge in [-0.3, -0.25) is 0 Å². The molecule has 0 fully saturated rings. The van der Waals surface area contributed by atoms with Crippen LogP contribution < -0.4 is 0 Å². The predicted octanol–water partition coefficient (Wildman–Crippen LogP) is 7.76. The van der Waals surface area contributed by atoms with E-state index in [1.807, 2.05) is 0 Å². The molecule has 2 atom stereocenters. The lowest BCUT2D eigenvalue weighted by atomic mass is 9.87. The molecule has 0 N–H and O–H groups in total. The highest BCUT2D eigenvalue weighted by atomic mass is 14.2. The van der Waals surface area contributed by atoms with E-state index in [4.69, 9.17) is 0 Å². The van der Waals surface area contributed by atoms with Gasteiger partial charge in [0.25, 0.3) is 0 Å². The Morgan fingerprint density at radius 2 is 0.750 bits per heavy atom. The Hall–Kier alpha value is 0. The predicted molar refractivity (Wildman–Crippen MR) is 94.3 cm³/mol. The van der Waals surface area contributed by atoms with Crippen LogP contribution in [0.3, 0.4) is 0 Å². The van der Waals surface area contributed by atoms with Crippen LogP contribution in [0, 0.1) is 11.8 Å². The van der Waals surface area contributed by atoms with Gasteiger partial charge in [-0.25, -0.2) is 0 Å². The zero-order chi connectivity index (χ0) is 15.1. The summed E-state index contributed by atoms with van der Waals surface area (Å²) < 4.78 is 0. The molecule has 0 aromatic carbocycles. The molecule has 0 heterocycles. The van der Waals surface area contributed by atoms with E-state index < -0.39 is 0 Å². The van der Waals surface area contributed by atoms with Gasteiger partial charge < -0.3 is 0 Å². The highest BCUT2D eigenvalue weighted by molar-refractivity contribution is 4.62. The highest BCUT2D eigenvalue weighted by Gasteiger charge is 2.11. The van der Waals surface area contributed by atoms with Gasteiger partial charge in [-0.1, -0.05) is 118 Å². The second-order valence-corrected chi connectivity index (χ2v) is 7.07. The molecule has 0 aliphatic rings. The van der Waals surface area contributed by atoms with Crippen LogP contribution in [0.5, 0.6) is 0 Å². The largest absolute Gasteiger partial charge is 0.0654 e. The van der Waals surface area contributed by atoms with Crippen molar-refractivity contribution in [2.75, 3.05) is 0 Å². The Kier molecular flexibility index (Phi) is 15.4. The first-order valence-electron chi connectivity index (χ1n) is 9.72. The topological polar surface area (TPSA) is 0 Å². The van der Waals surface area contributed by atoms with Crippen molar-refractivity contribution in [2.45, 2.75) is 118 Å². The first-order chi connectivity index (χ1) is 9.72. The number of hydrogen-bond acceptors (Lipinski definition) is 0. The maximum Gasteiger partial charge on any atom is -0.0417 e. The maximum atomic E-state index is 2.47. The lowest BCUT2D eigenvalue weighted by Crippen LogP contribution is -2.08. The molecule has 0 spiro atoms. The fourth-order valence-corrected chi connectivity index (χ4v) is 3.06. The molecule has 2 unspecified atom stereocenters. The van der Waals surface area contributed by atoms with Crippen LogP contribution >= 0.6 is 0 Å². The minimum absolute atomic E-state index is 0.940. The number of rotatable bonds is 15. The summed E-state index contributed by atoms with van der Waals surface area (Å²) in [5, 5.41) is 0. The summed E-state index contributed by atoms with van der Waals surface area (Å²) in [7, 11) is 0. The van der Waals surface area contributed by atoms with Crippen LogP contribution in [-0.2, 0) is 0 Å². The molecule has 122 valence electrons. The van der Waals surface area contributed by atoms with Crippen molar-refractivity contribution >= 4 is 0 Å². The fraction of sp³-hybridized carbons (Fsp3) is 1.00. The lowest BCUT2D eigenvalue weighted by Gasteiger charge is -2.19.